The molecule has 0 saturated carbocycles. The molecule has 0 spiro atoms. The molecule has 2 heterocycles. The number of rotatable bonds is 7. The molecular formula is C16H25N5S2. The number of hydrogen-bond acceptors (Lipinski definition) is 5. The molecule has 0 unspecified atom stereocenters. The summed E-state index contributed by atoms with van der Waals surface area (Å²) < 4.78 is 0. The molecule has 2 N–H and O–H groups in total. The first-order valence-corrected chi connectivity index (χ1v) is 9.56. The summed E-state index contributed by atoms with van der Waals surface area (Å²) in [7, 11) is 1.80. The fourth-order valence-electron chi connectivity index (χ4n) is 2.07. The van der Waals surface area contributed by atoms with Crippen LogP contribution < -0.4 is 10.6 Å². The maximum atomic E-state index is 4.56. The number of hydrogen-bond donors (Lipinski definition) is 2. The van der Waals surface area contributed by atoms with Gasteiger partial charge in [0.2, 0.25) is 0 Å². The van der Waals surface area contributed by atoms with Gasteiger partial charge in [-0.3, -0.25) is 4.99 Å². The van der Waals surface area contributed by atoms with Crippen molar-refractivity contribution in [3.8, 4) is 0 Å². The lowest BCUT2D eigenvalue weighted by Gasteiger charge is -2.10. The van der Waals surface area contributed by atoms with Crippen LogP contribution in [-0.2, 0) is 19.3 Å². The van der Waals surface area contributed by atoms with E-state index in [9.17, 15) is 0 Å². The maximum Gasteiger partial charge on any atom is 0.191 e. The third-order valence-corrected chi connectivity index (χ3v) is 5.84. The van der Waals surface area contributed by atoms with E-state index in [-0.39, 0.29) is 0 Å². The van der Waals surface area contributed by atoms with Gasteiger partial charge in [0.05, 0.1) is 15.7 Å². The highest BCUT2D eigenvalue weighted by Gasteiger charge is 2.05. The number of nitrogens with one attached hydrogen (secondary N) is 2. The minimum Gasteiger partial charge on any atom is -0.356 e. The largest absolute Gasteiger partial charge is 0.356 e. The zero-order valence-corrected chi connectivity index (χ0v) is 15.9. The Hall–Kier alpha value is -1.47. The van der Waals surface area contributed by atoms with Gasteiger partial charge < -0.3 is 10.6 Å². The number of thiazole rings is 2. The highest BCUT2D eigenvalue weighted by molar-refractivity contribution is 7.11. The Labute approximate surface area is 146 Å². The van der Waals surface area contributed by atoms with Crippen LogP contribution in [0.2, 0.25) is 0 Å². The Morgan fingerprint density at radius 1 is 1.13 bits per heavy atom. The lowest BCUT2D eigenvalue weighted by atomic mass is 10.4. The van der Waals surface area contributed by atoms with Gasteiger partial charge in [0.15, 0.2) is 5.96 Å². The van der Waals surface area contributed by atoms with Crippen LogP contribution in [0.3, 0.4) is 0 Å². The molecule has 0 fully saturated rings. The number of aromatic nitrogens is 2. The first kappa shape index (κ1) is 17.9. The van der Waals surface area contributed by atoms with Crippen molar-refractivity contribution in [3.63, 3.8) is 0 Å². The minimum atomic E-state index is 0.835. The van der Waals surface area contributed by atoms with E-state index in [0.29, 0.717) is 0 Å². The van der Waals surface area contributed by atoms with Gasteiger partial charge in [0.1, 0.15) is 0 Å². The van der Waals surface area contributed by atoms with Crippen LogP contribution >= 0.6 is 22.7 Å². The first-order valence-electron chi connectivity index (χ1n) is 7.93. The normalized spacial score (nSPS) is 11.7. The lowest BCUT2D eigenvalue weighted by Crippen LogP contribution is -2.39. The second kappa shape index (κ2) is 8.98. The van der Waals surface area contributed by atoms with E-state index in [2.05, 4.69) is 46.4 Å². The molecular weight excluding hydrogens is 326 g/mol. The van der Waals surface area contributed by atoms with Crippen molar-refractivity contribution in [2.75, 3.05) is 20.1 Å². The van der Waals surface area contributed by atoms with Crippen molar-refractivity contribution in [2.24, 2.45) is 4.99 Å². The summed E-state index contributed by atoms with van der Waals surface area (Å²) in [6.45, 7) is 8.01. The molecule has 0 radical (unpaired) electrons. The Morgan fingerprint density at radius 3 is 2.35 bits per heavy atom. The molecule has 2 rings (SSSR count). The topological polar surface area (TPSA) is 62.2 Å². The second-order valence-electron chi connectivity index (χ2n) is 5.25. The van der Waals surface area contributed by atoms with Gasteiger partial charge in [-0.25, -0.2) is 9.97 Å². The average Bonchev–Trinajstić information content (AvgIpc) is 3.12. The molecule has 0 aliphatic rings. The Morgan fingerprint density at radius 2 is 1.83 bits per heavy atom. The summed E-state index contributed by atoms with van der Waals surface area (Å²) in [6.07, 6.45) is 4.89. The molecule has 7 heteroatoms. The van der Waals surface area contributed by atoms with E-state index in [1.54, 1.807) is 29.7 Å². The predicted octanol–water partition coefficient (Wildman–Crippen LogP) is 2.73. The van der Waals surface area contributed by atoms with Crippen LogP contribution in [0.1, 0.15) is 32.4 Å². The van der Waals surface area contributed by atoms with E-state index < -0.39 is 0 Å². The van der Waals surface area contributed by atoms with E-state index in [4.69, 9.17) is 0 Å². The van der Waals surface area contributed by atoms with Gasteiger partial charge >= 0.3 is 0 Å². The molecule has 0 aromatic carbocycles. The number of nitrogens with zero attached hydrogens (tertiary/aromatic N) is 3. The van der Waals surface area contributed by atoms with Crippen molar-refractivity contribution < 1.29 is 0 Å². The van der Waals surface area contributed by atoms with Crippen molar-refractivity contribution in [1.82, 2.24) is 20.6 Å². The SMILES string of the molecule is CCc1cnc(CCNC(=NC)NCCc2nc(C)c(C)s2)s1. The Kier molecular flexibility index (Phi) is 6.98. The van der Waals surface area contributed by atoms with Crippen LogP contribution in [0.4, 0.5) is 0 Å². The highest BCUT2D eigenvalue weighted by Crippen LogP contribution is 2.16. The zero-order valence-electron chi connectivity index (χ0n) is 14.3. The number of aliphatic imine (C=N–C) groups is 1. The van der Waals surface area contributed by atoms with Gasteiger partial charge in [0, 0.05) is 48.9 Å². The monoisotopic (exact) mass is 351 g/mol. The molecule has 23 heavy (non-hydrogen) atoms. The van der Waals surface area contributed by atoms with Crippen molar-refractivity contribution in [1.29, 1.82) is 0 Å². The van der Waals surface area contributed by atoms with Gasteiger partial charge in [-0.1, -0.05) is 6.92 Å². The van der Waals surface area contributed by atoms with E-state index in [1.165, 1.54) is 19.8 Å². The molecule has 5 nitrogen and oxygen atoms in total. The molecule has 2 aromatic rings. The summed E-state index contributed by atoms with van der Waals surface area (Å²) in [4.78, 5) is 15.9. The number of aryl methyl sites for hydroxylation is 3. The molecule has 2 aromatic heterocycles. The molecule has 0 amide bonds. The molecule has 0 atom stereocenters. The van der Waals surface area contributed by atoms with Crippen LogP contribution in [0.25, 0.3) is 0 Å². The Balaban J connectivity index is 1.68. The number of guanidine groups is 1. The van der Waals surface area contributed by atoms with Crippen LogP contribution in [-0.4, -0.2) is 36.1 Å². The third-order valence-electron chi connectivity index (χ3n) is 3.51. The standard InChI is InChI=1S/C16H25N5S2/c1-5-13-10-20-14(23-13)6-8-18-16(17-4)19-9-7-15-21-11(2)12(3)22-15/h10H,5-9H2,1-4H3,(H2,17,18,19). The van der Waals surface area contributed by atoms with Crippen molar-refractivity contribution in [2.45, 2.75) is 40.0 Å². The fraction of sp³-hybridized carbons (Fsp3) is 0.562. The summed E-state index contributed by atoms with van der Waals surface area (Å²) in [5.41, 5.74) is 1.14. The summed E-state index contributed by atoms with van der Waals surface area (Å²) in [5, 5.41) is 9.03. The van der Waals surface area contributed by atoms with Gasteiger partial charge in [-0.2, -0.15) is 0 Å². The van der Waals surface area contributed by atoms with E-state index in [1.807, 2.05) is 6.20 Å². The smallest absolute Gasteiger partial charge is 0.191 e. The Bertz CT molecular complexity index is 625. The average molecular weight is 352 g/mol. The van der Waals surface area contributed by atoms with Crippen LogP contribution in [0.5, 0.6) is 0 Å². The zero-order chi connectivity index (χ0) is 16.7. The van der Waals surface area contributed by atoms with E-state index in [0.717, 1.165) is 44.0 Å². The second-order valence-corrected chi connectivity index (χ2v) is 7.74. The summed E-state index contributed by atoms with van der Waals surface area (Å²) in [5.74, 6) is 0.835. The minimum absolute atomic E-state index is 0.835. The quantitative estimate of drug-likeness (QED) is 0.595. The summed E-state index contributed by atoms with van der Waals surface area (Å²) >= 11 is 3.57. The van der Waals surface area contributed by atoms with Gasteiger partial charge in [-0.15, -0.1) is 22.7 Å². The third kappa shape index (κ3) is 5.58. The molecule has 126 valence electrons. The molecule has 0 aliphatic carbocycles. The maximum absolute atomic E-state index is 4.56. The van der Waals surface area contributed by atoms with E-state index >= 15 is 0 Å². The summed E-state index contributed by atoms with van der Waals surface area (Å²) in [6, 6.07) is 0. The molecule has 0 saturated heterocycles. The van der Waals surface area contributed by atoms with Crippen LogP contribution in [0.15, 0.2) is 11.2 Å². The molecule has 0 bridgehead atoms. The van der Waals surface area contributed by atoms with Crippen molar-refractivity contribution >= 4 is 28.6 Å². The van der Waals surface area contributed by atoms with Gasteiger partial charge in [0.25, 0.3) is 0 Å². The predicted molar refractivity (Wildman–Crippen MR) is 99.9 cm³/mol. The molecule has 0 aliphatic heterocycles. The van der Waals surface area contributed by atoms with Crippen molar-refractivity contribution in [3.05, 3.63) is 31.7 Å². The van der Waals surface area contributed by atoms with Gasteiger partial charge in [-0.05, 0) is 20.3 Å². The first-order chi connectivity index (χ1) is 11.1. The van der Waals surface area contributed by atoms with Crippen LogP contribution in [0, 0.1) is 13.8 Å². The lowest BCUT2D eigenvalue weighted by molar-refractivity contribution is 0.779. The fourth-order valence-corrected chi connectivity index (χ4v) is 3.86. The highest BCUT2D eigenvalue weighted by atomic mass is 32.1.